The van der Waals surface area contributed by atoms with E-state index in [9.17, 15) is 14.4 Å². The van der Waals surface area contributed by atoms with Gasteiger partial charge in [0.15, 0.2) is 6.61 Å². The van der Waals surface area contributed by atoms with Gasteiger partial charge < -0.3 is 19.1 Å². The predicted molar refractivity (Wildman–Crippen MR) is 102 cm³/mol. The molecule has 7 nitrogen and oxygen atoms in total. The molecule has 0 spiro atoms. The third-order valence-corrected chi connectivity index (χ3v) is 5.00. The average Bonchev–Trinajstić information content (AvgIpc) is 2.75. The van der Waals surface area contributed by atoms with Crippen LogP contribution in [0.3, 0.4) is 0 Å². The summed E-state index contributed by atoms with van der Waals surface area (Å²) >= 11 is 0. The molecule has 2 aromatic rings. The number of amides is 1. The van der Waals surface area contributed by atoms with Crippen LogP contribution in [-0.4, -0.2) is 56.7 Å². The third-order valence-electron chi connectivity index (χ3n) is 5.00. The molecule has 1 aliphatic heterocycles. The highest BCUT2D eigenvalue weighted by Crippen LogP contribution is 2.26. The summed E-state index contributed by atoms with van der Waals surface area (Å²) in [6.07, 6.45) is 1.09. The minimum Gasteiger partial charge on any atom is -0.496 e. The largest absolute Gasteiger partial charge is 0.496 e. The highest BCUT2D eigenvalue weighted by atomic mass is 16.5. The van der Waals surface area contributed by atoms with E-state index in [4.69, 9.17) is 14.2 Å². The Morgan fingerprint density at radius 1 is 1.04 bits per heavy atom. The van der Waals surface area contributed by atoms with Gasteiger partial charge in [0.1, 0.15) is 11.3 Å². The molecule has 0 atom stereocenters. The molecule has 0 aliphatic carbocycles. The highest BCUT2D eigenvalue weighted by Gasteiger charge is 2.28. The number of likely N-dealkylation sites (tertiary alicyclic amines) is 1. The second-order valence-corrected chi connectivity index (χ2v) is 6.65. The minimum absolute atomic E-state index is 0.182. The summed E-state index contributed by atoms with van der Waals surface area (Å²) in [6, 6.07) is 11.1. The molecule has 0 aromatic heterocycles. The Kier molecular flexibility index (Phi) is 6.13. The number of ether oxygens (including phenoxy) is 3. The number of carbonyl (C=O) groups excluding carboxylic acids is 3. The number of fused-ring (bicyclic) bond motifs is 1. The molecule has 1 fully saturated rings. The molecule has 2 aromatic carbocycles. The first kappa shape index (κ1) is 19.7. The van der Waals surface area contributed by atoms with Crippen LogP contribution in [0.1, 0.15) is 23.2 Å². The molecular weight excluding hydrogens is 362 g/mol. The summed E-state index contributed by atoms with van der Waals surface area (Å²) in [4.78, 5) is 38.0. The van der Waals surface area contributed by atoms with E-state index >= 15 is 0 Å². The number of benzene rings is 2. The summed E-state index contributed by atoms with van der Waals surface area (Å²) < 4.78 is 15.3. The molecule has 3 rings (SSSR count). The Morgan fingerprint density at radius 2 is 1.68 bits per heavy atom. The van der Waals surface area contributed by atoms with Crippen molar-refractivity contribution in [3.8, 4) is 5.75 Å². The maximum absolute atomic E-state index is 12.5. The second-order valence-electron chi connectivity index (χ2n) is 6.65. The van der Waals surface area contributed by atoms with Gasteiger partial charge >= 0.3 is 11.9 Å². The first-order valence-electron chi connectivity index (χ1n) is 9.13. The van der Waals surface area contributed by atoms with Crippen LogP contribution >= 0.6 is 0 Å². The van der Waals surface area contributed by atoms with E-state index in [1.165, 1.54) is 14.2 Å². The molecule has 0 radical (unpaired) electrons. The Balaban J connectivity index is 1.60. The van der Waals surface area contributed by atoms with Crippen LogP contribution in [0.4, 0.5) is 0 Å². The SMILES string of the molecule is COC(=O)C1CCN(C(=O)COC(=O)c2cc3ccccc3cc2OC)CC1. The molecule has 28 heavy (non-hydrogen) atoms. The minimum atomic E-state index is -0.611. The zero-order valence-electron chi connectivity index (χ0n) is 16.0. The molecule has 0 N–H and O–H groups in total. The Labute approximate surface area is 163 Å². The molecule has 7 heteroatoms. The van der Waals surface area contributed by atoms with Gasteiger partial charge in [-0.3, -0.25) is 9.59 Å². The van der Waals surface area contributed by atoms with Crippen molar-refractivity contribution >= 4 is 28.6 Å². The van der Waals surface area contributed by atoms with Gasteiger partial charge in [-0.15, -0.1) is 0 Å². The number of hydrogen-bond acceptors (Lipinski definition) is 6. The Bertz CT molecular complexity index is 886. The first-order valence-corrected chi connectivity index (χ1v) is 9.13. The van der Waals surface area contributed by atoms with Crippen LogP contribution in [0.15, 0.2) is 36.4 Å². The van der Waals surface area contributed by atoms with Crippen LogP contribution in [0.2, 0.25) is 0 Å². The van der Waals surface area contributed by atoms with E-state index in [0.29, 0.717) is 31.7 Å². The smallest absolute Gasteiger partial charge is 0.342 e. The summed E-state index contributed by atoms with van der Waals surface area (Å²) in [5, 5.41) is 1.83. The van der Waals surface area contributed by atoms with Crippen molar-refractivity contribution in [2.24, 2.45) is 5.92 Å². The third kappa shape index (κ3) is 4.24. The van der Waals surface area contributed by atoms with Crippen molar-refractivity contribution in [2.75, 3.05) is 33.9 Å². The van der Waals surface area contributed by atoms with Crippen molar-refractivity contribution in [1.82, 2.24) is 4.90 Å². The van der Waals surface area contributed by atoms with Crippen LogP contribution in [-0.2, 0) is 19.1 Å². The molecule has 1 heterocycles. The van der Waals surface area contributed by atoms with Gasteiger partial charge in [0.2, 0.25) is 0 Å². The normalized spacial score (nSPS) is 14.6. The fraction of sp³-hybridized carbons (Fsp3) is 0.381. The van der Waals surface area contributed by atoms with Crippen molar-refractivity contribution in [3.63, 3.8) is 0 Å². The van der Waals surface area contributed by atoms with Crippen LogP contribution in [0.5, 0.6) is 5.75 Å². The van der Waals surface area contributed by atoms with Crippen LogP contribution in [0, 0.1) is 5.92 Å². The van der Waals surface area contributed by atoms with Gasteiger partial charge in [-0.2, -0.15) is 0 Å². The second kappa shape index (κ2) is 8.73. The Hall–Kier alpha value is -3.09. The lowest BCUT2D eigenvalue weighted by Crippen LogP contribution is -2.42. The van der Waals surface area contributed by atoms with Crippen LogP contribution < -0.4 is 4.74 Å². The fourth-order valence-electron chi connectivity index (χ4n) is 3.38. The van der Waals surface area contributed by atoms with Gasteiger partial charge in [-0.25, -0.2) is 4.79 Å². The molecular formula is C21H23NO6. The quantitative estimate of drug-likeness (QED) is 0.735. The first-order chi connectivity index (χ1) is 13.5. The molecule has 148 valence electrons. The zero-order valence-corrected chi connectivity index (χ0v) is 16.0. The number of carbonyl (C=O) groups is 3. The number of esters is 2. The van der Waals surface area contributed by atoms with Crippen LogP contribution in [0.25, 0.3) is 10.8 Å². The number of rotatable bonds is 5. The summed E-state index contributed by atoms with van der Waals surface area (Å²) in [5.41, 5.74) is 0.276. The van der Waals surface area contributed by atoms with Crippen molar-refractivity contribution in [3.05, 3.63) is 42.0 Å². The van der Waals surface area contributed by atoms with Crippen molar-refractivity contribution in [1.29, 1.82) is 0 Å². The van der Waals surface area contributed by atoms with Gasteiger partial charge in [0.05, 0.1) is 20.1 Å². The highest BCUT2D eigenvalue weighted by molar-refractivity contribution is 5.99. The van der Waals surface area contributed by atoms with Gasteiger partial charge in [-0.05, 0) is 35.7 Å². The van der Waals surface area contributed by atoms with E-state index in [1.807, 2.05) is 24.3 Å². The molecule has 0 unspecified atom stereocenters. The van der Waals surface area contributed by atoms with Gasteiger partial charge in [0, 0.05) is 13.1 Å². The number of methoxy groups -OCH3 is 2. The van der Waals surface area contributed by atoms with Crippen molar-refractivity contribution < 1.29 is 28.6 Å². The number of piperidine rings is 1. The maximum Gasteiger partial charge on any atom is 0.342 e. The molecule has 0 saturated carbocycles. The standard InChI is InChI=1S/C21H23NO6/c1-26-18-12-16-6-4-3-5-15(16)11-17(18)21(25)28-13-19(23)22-9-7-14(8-10-22)20(24)27-2/h3-6,11-12,14H,7-10,13H2,1-2H3. The monoisotopic (exact) mass is 385 g/mol. The molecule has 1 amide bonds. The summed E-state index contributed by atoms with van der Waals surface area (Å²) in [7, 11) is 2.85. The summed E-state index contributed by atoms with van der Waals surface area (Å²) in [6.45, 7) is 0.530. The predicted octanol–water partition coefficient (Wildman–Crippen LogP) is 2.42. The topological polar surface area (TPSA) is 82.1 Å². The zero-order chi connectivity index (χ0) is 20.1. The van der Waals surface area contributed by atoms with Crippen molar-refractivity contribution in [2.45, 2.75) is 12.8 Å². The van der Waals surface area contributed by atoms with E-state index in [-0.39, 0.29) is 30.0 Å². The molecule has 1 saturated heterocycles. The van der Waals surface area contributed by atoms with Gasteiger partial charge in [0.25, 0.3) is 5.91 Å². The molecule has 0 bridgehead atoms. The van der Waals surface area contributed by atoms with E-state index in [1.54, 1.807) is 17.0 Å². The lowest BCUT2D eigenvalue weighted by Gasteiger charge is -2.30. The maximum atomic E-state index is 12.5. The lowest BCUT2D eigenvalue weighted by atomic mass is 9.97. The van der Waals surface area contributed by atoms with Gasteiger partial charge in [-0.1, -0.05) is 24.3 Å². The van der Waals surface area contributed by atoms with E-state index < -0.39 is 5.97 Å². The molecule has 1 aliphatic rings. The average molecular weight is 385 g/mol. The fourth-order valence-corrected chi connectivity index (χ4v) is 3.38. The Morgan fingerprint density at radius 3 is 2.29 bits per heavy atom. The summed E-state index contributed by atoms with van der Waals surface area (Å²) in [5.74, 6) is -0.924. The lowest BCUT2D eigenvalue weighted by molar-refractivity contribution is -0.149. The number of nitrogens with zero attached hydrogens (tertiary/aromatic N) is 1. The van der Waals surface area contributed by atoms with E-state index in [2.05, 4.69) is 0 Å². The number of hydrogen-bond donors (Lipinski definition) is 0. The van der Waals surface area contributed by atoms with E-state index in [0.717, 1.165) is 10.8 Å².